The Bertz CT molecular complexity index is 377. The van der Waals surface area contributed by atoms with E-state index >= 15 is 0 Å². The molecule has 15 heavy (non-hydrogen) atoms. The Morgan fingerprint density at radius 3 is 2.67 bits per heavy atom. The smallest absolute Gasteiger partial charge is 0.198 e. The SMILES string of the molecule is C[C@H]1C[C@H](C)CN(c2ccnc(=S)[nH]2)C1. The fourth-order valence-corrected chi connectivity index (χ4v) is 2.57. The number of aromatic nitrogens is 2. The first kappa shape index (κ1) is 10.6. The summed E-state index contributed by atoms with van der Waals surface area (Å²) in [4.78, 5) is 9.52. The predicted octanol–water partition coefficient (Wildman–Crippen LogP) is 2.62. The third-order valence-corrected chi connectivity index (χ3v) is 3.08. The van der Waals surface area contributed by atoms with Crippen molar-refractivity contribution in [2.75, 3.05) is 18.0 Å². The maximum absolute atomic E-state index is 5.03. The Morgan fingerprint density at radius 2 is 2.07 bits per heavy atom. The Morgan fingerprint density at radius 1 is 1.40 bits per heavy atom. The number of hydrogen-bond donors (Lipinski definition) is 1. The van der Waals surface area contributed by atoms with Crippen LogP contribution in [0.1, 0.15) is 20.3 Å². The lowest BCUT2D eigenvalue weighted by molar-refractivity contribution is 0.355. The lowest BCUT2D eigenvalue weighted by atomic mass is 9.92. The molecule has 0 saturated carbocycles. The van der Waals surface area contributed by atoms with Crippen molar-refractivity contribution in [2.45, 2.75) is 20.3 Å². The molecule has 0 spiro atoms. The molecule has 4 heteroatoms. The van der Waals surface area contributed by atoms with Crippen LogP contribution in [0.4, 0.5) is 5.82 Å². The number of hydrogen-bond acceptors (Lipinski definition) is 3. The first-order valence-corrected chi connectivity index (χ1v) is 5.86. The molecule has 1 aliphatic rings. The fourth-order valence-electron chi connectivity index (χ4n) is 2.40. The van der Waals surface area contributed by atoms with Gasteiger partial charge >= 0.3 is 0 Å². The van der Waals surface area contributed by atoms with Crippen molar-refractivity contribution in [1.82, 2.24) is 9.97 Å². The van der Waals surface area contributed by atoms with Gasteiger partial charge in [0.05, 0.1) is 0 Å². The van der Waals surface area contributed by atoms with E-state index in [0.29, 0.717) is 4.77 Å². The lowest BCUT2D eigenvalue weighted by Gasteiger charge is -2.36. The van der Waals surface area contributed by atoms with Crippen LogP contribution >= 0.6 is 12.2 Å². The molecule has 1 aromatic heterocycles. The van der Waals surface area contributed by atoms with E-state index in [4.69, 9.17) is 12.2 Å². The summed E-state index contributed by atoms with van der Waals surface area (Å²) in [7, 11) is 0. The molecule has 1 saturated heterocycles. The van der Waals surface area contributed by atoms with Gasteiger partial charge in [-0.1, -0.05) is 13.8 Å². The summed E-state index contributed by atoms with van der Waals surface area (Å²) in [6, 6.07) is 2.00. The Kier molecular flexibility index (Phi) is 3.05. The molecule has 1 aliphatic heterocycles. The second-order valence-corrected chi connectivity index (χ2v) is 5.00. The molecule has 1 N–H and O–H groups in total. The van der Waals surface area contributed by atoms with Crippen molar-refractivity contribution >= 4 is 18.0 Å². The minimum Gasteiger partial charge on any atom is -0.358 e. The van der Waals surface area contributed by atoms with Gasteiger partial charge in [0.2, 0.25) is 0 Å². The summed E-state index contributed by atoms with van der Waals surface area (Å²) in [5, 5.41) is 0. The Balaban J connectivity index is 2.19. The number of nitrogens with zero attached hydrogens (tertiary/aromatic N) is 2. The summed E-state index contributed by atoms with van der Waals surface area (Å²) in [5.74, 6) is 2.61. The molecule has 0 aromatic carbocycles. The average molecular weight is 223 g/mol. The summed E-state index contributed by atoms with van der Waals surface area (Å²) in [6.45, 7) is 6.83. The number of aromatic amines is 1. The largest absolute Gasteiger partial charge is 0.358 e. The van der Waals surface area contributed by atoms with Crippen molar-refractivity contribution in [3.05, 3.63) is 17.0 Å². The summed E-state index contributed by atoms with van der Waals surface area (Å²) in [6.07, 6.45) is 3.10. The molecule has 0 unspecified atom stereocenters. The zero-order valence-corrected chi connectivity index (χ0v) is 10.0. The van der Waals surface area contributed by atoms with Gasteiger partial charge in [-0.15, -0.1) is 0 Å². The highest BCUT2D eigenvalue weighted by atomic mass is 32.1. The molecule has 0 bridgehead atoms. The van der Waals surface area contributed by atoms with Crippen LogP contribution in [0.25, 0.3) is 0 Å². The van der Waals surface area contributed by atoms with Crippen LogP contribution < -0.4 is 4.90 Å². The Hall–Kier alpha value is -0.900. The molecule has 82 valence electrons. The highest BCUT2D eigenvalue weighted by molar-refractivity contribution is 7.71. The van der Waals surface area contributed by atoms with E-state index < -0.39 is 0 Å². The molecule has 1 fully saturated rings. The van der Waals surface area contributed by atoms with Gasteiger partial charge in [0, 0.05) is 19.3 Å². The maximum Gasteiger partial charge on any atom is 0.198 e. The normalized spacial score (nSPS) is 26.7. The molecule has 2 atom stereocenters. The van der Waals surface area contributed by atoms with E-state index in [1.165, 1.54) is 6.42 Å². The molecule has 3 nitrogen and oxygen atoms in total. The monoisotopic (exact) mass is 223 g/mol. The van der Waals surface area contributed by atoms with Gasteiger partial charge in [-0.25, -0.2) is 4.98 Å². The van der Waals surface area contributed by atoms with Gasteiger partial charge in [-0.3, -0.25) is 0 Å². The molecule has 2 rings (SSSR count). The minimum absolute atomic E-state index is 0.568. The molecule has 2 heterocycles. The van der Waals surface area contributed by atoms with Crippen molar-refractivity contribution in [1.29, 1.82) is 0 Å². The predicted molar refractivity (Wildman–Crippen MR) is 64.6 cm³/mol. The van der Waals surface area contributed by atoms with E-state index in [2.05, 4.69) is 28.7 Å². The first-order valence-electron chi connectivity index (χ1n) is 5.45. The molecule has 0 amide bonds. The number of rotatable bonds is 1. The minimum atomic E-state index is 0.568. The van der Waals surface area contributed by atoms with Gasteiger partial charge in [0.1, 0.15) is 5.82 Å². The standard InChI is InChI=1S/C11H17N3S/c1-8-5-9(2)7-14(6-8)10-3-4-12-11(15)13-10/h3-4,8-9H,5-7H2,1-2H3,(H,12,13,15)/t8-,9-/m0/s1. The van der Waals surface area contributed by atoms with Crippen LogP contribution in [0.5, 0.6) is 0 Å². The van der Waals surface area contributed by atoms with Crippen LogP contribution in [0, 0.1) is 16.6 Å². The van der Waals surface area contributed by atoms with Gasteiger partial charge in [-0.2, -0.15) is 0 Å². The molecular weight excluding hydrogens is 206 g/mol. The molecule has 0 aliphatic carbocycles. The number of nitrogens with one attached hydrogen (secondary N) is 1. The second kappa shape index (κ2) is 4.31. The summed E-state index contributed by atoms with van der Waals surface area (Å²) < 4.78 is 0.568. The van der Waals surface area contributed by atoms with Crippen molar-refractivity contribution in [3.63, 3.8) is 0 Å². The average Bonchev–Trinajstić information content (AvgIpc) is 2.16. The van der Waals surface area contributed by atoms with Crippen LogP contribution in [0.15, 0.2) is 12.3 Å². The van der Waals surface area contributed by atoms with Gasteiger partial charge in [0.25, 0.3) is 0 Å². The summed E-state index contributed by atoms with van der Waals surface area (Å²) >= 11 is 5.03. The lowest BCUT2D eigenvalue weighted by Crippen LogP contribution is -2.39. The first-order chi connectivity index (χ1) is 7.15. The maximum atomic E-state index is 5.03. The number of anilines is 1. The highest BCUT2D eigenvalue weighted by Crippen LogP contribution is 2.24. The zero-order chi connectivity index (χ0) is 10.8. The van der Waals surface area contributed by atoms with E-state index in [0.717, 1.165) is 30.7 Å². The van der Waals surface area contributed by atoms with Crippen LogP contribution in [-0.2, 0) is 0 Å². The van der Waals surface area contributed by atoms with E-state index in [1.54, 1.807) is 6.20 Å². The van der Waals surface area contributed by atoms with Gasteiger partial charge < -0.3 is 9.88 Å². The molecular formula is C11H17N3S. The van der Waals surface area contributed by atoms with Gasteiger partial charge in [0.15, 0.2) is 4.77 Å². The van der Waals surface area contributed by atoms with E-state index in [9.17, 15) is 0 Å². The summed E-state index contributed by atoms with van der Waals surface area (Å²) in [5.41, 5.74) is 0. The molecule has 1 aromatic rings. The highest BCUT2D eigenvalue weighted by Gasteiger charge is 2.22. The van der Waals surface area contributed by atoms with Crippen molar-refractivity contribution in [3.8, 4) is 0 Å². The zero-order valence-electron chi connectivity index (χ0n) is 9.23. The topological polar surface area (TPSA) is 31.9 Å². The number of H-pyrrole nitrogens is 1. The van der Waals surface area contributed by atoms with Crippen molar-refractivity contribution < 1.29 is 0 Å². The third-order valence-electron chi connectivity index (χ3n) is 2.87. The second-order valence-electron chi connectivity index (χ2n) is 4.61. The van der Waals surface area contributed by atoms with Crippen molar-refractivity contribution in [2.24, 2.45) is 11.8 Å². The Labute approximate surface area is 95.5 Å². The quantitative estimate of drug-likeness (QED) is 0.743. The fraction of sp³-hybridized carbons (Fsp3) is 0.636. The van der Waals surface area contributed by atoms with E-state index in [-0.39, 0.29) is 0 Å². The molecule has 0 radical (unpaired) electrons. The van der Waals surface area contributed by atoms with Crippen LogP contribution in [0.2, 0.25) is 0 Å². The van der Waals surface area contributed by atoms with Gasteiger partial charge in [-0.05, 0) is 36.5 Å². The van der Waals surface area contributed by atoms with E-state index in [1.807, 2.05) is 6.07 Å². The third kappa shape index (κ3) is 2.56. The number of piperidine rings is 1. The van der Waals surface area contributed by atoms with Crippen LogP contribution in [-0.4, -0.2) is 23.1 Å². The van der Waals surface area contributed by atoms with Crippen LogP contribution in [0.3, 0.4) is 0 Å².